The summed E-state index contributed by atoms with van der Waals surface area (Å²) < 4.78 is 6.21. The van der Waals surface area contributed by atoms with Crippen LogP contribution in [0.3, 0.4) is 0 Å². The quantitative estimate of drug-likeness (QED) is 0.255. The molecule has 4 nitrogen and oxygen atoms in total. The van der Waals surface area contributed by atoms with Gasteiger partial charge >= 0.3 is 0 Å². The van der Waals surface area contributed by atoms with Crippen molar-refractivity contribution in [3.8, 4) is 0 Å². The Morgan fingerprint density at radius 1 is 0.607 bits per heavy atom. The van der Waals surface area contributed by atoms with Crippen LogP contribution in [0.5, 0.6) is 0 Å². The molecule has 0 heterocycles. The van der Waals surface area contributed by atoms with Gasteiger partial charge in [0.2, 0.25) is 0 Å². The average molecular weight is 416 g/mol. The highest BCUT2D eigenvalue weighted by molar-refractivity contribution is 6.72. The van der Waals surface area contributed by atoms with Crippen LogP contribution in [0.2, 0.25) is 18.6 Å². The molecule has 0 aliphatic rings. The van der Waals surface area contributed by atoms with Crippen LogP contribution in [0.4, 0.5) is 0 Å². The van der Waals surface area contributed by atoms with E-state index in [0.29, 0.717) is 0 Å². The lowest BCUT2D eigenvalue weighted by Crippen LogP contribution is -2.40. The van der Waals surface area contributed by atoms with Gasteiger partial charge in [0.25, 0.3) is 0 Å². The van der Waals surface area contributed by atoms with Crippen molar-refractivity contribution in [3.05, 3.63) is 0 Å². The fourth-order valence-corrected chi connectivity index (χ4v) is 6.14. The Balaban J connectivity index is 4.58. The van der Waals surface area contributed by atoms with Crippen LogP contribution in [0.1, 0.15) is 67.2 Å². The summed E-state index contributed by atoms with van der Waals surface area (Å²) in [6, 6.07) is 2.51. The maximum Gasteiger partial charge on any atom is 0.190 e. The van der Waals surface area contributed by atoms with Crippen molar-refractivity contribution in [1.29, 1.82) is 0 Å². The van der Waals surface area contributed by atoms with Crippen LogP contribution in [0.15, 0.2) is 0 Å². The average Bonchev–Trinajstić information content (AvgIpc) is 2.70. The molecular weight excluding hydrogens is 362 g/mol. The fourth-order valence-electron chi connectivity index (χ4n) is 3.95. The first-order valence-electron chi connectivity index (χ1n) is 12.3. The van der Waals surface area contributed by atoms with Crippen LogP contribution in [0.25, 0.3) is 0 Å². The number of hydrogen-bond acceptors (Lipinski definition) is 4. The van der Waals surface area contributed by atoms with Crippen molar-refractivity contribution in [2.75, 3.05) is 65.5 Å². The van der Waals surface area contributed by atoms with E-state index in [1.807, 2.05) is 0 Å². The topological polar surface area (TPSA) is 19.0 Å². The molecule has 170 valence electrons. The van der Waals surface area contributed by atoms with Crippen molar-refractivity contribution in [2.24, 2.45) is 0 Å². The predicted octanol–water partition coefficient (Wildman–Crippen LogP) is 5.16. The SMILES string of the molecule is CCCN(CC)CCCN(CCCN(CC)CCC)CC[Si](C)(CC)OCC. The Hall–Kier alpha value is 0.0569. The monoisotopic (exact) mass is 415 g/mol. The molecule has 0 saturated carbocycles. The third kappa shape index (κ3) is 13.3. The highest BCUT2D eigenvalue weighted by Gasteiger charge is 2.26. The lowest BCUT2D eigenvalue weighted by molar-refractivity contribution is 0.215. The van der Waals surface area contributed by atoms with Gasteiger partial charge in [0, 0.05) is 6.61 Å². The van der Waals surface area contributed by atoms with E-state index < -0.39 is 8.32 Å². The first-order chi connectivity index (χ1) is 13.5. The molecule has 0 aliphatic carbocycles. The highest BCUT2D eigenvalue weighted by Crippen LogP contribution is 2.18. The van der Waals surface area contributed by atoms with Crippen LogP contribution < -0.4 is 0 Å². The molecule has 0 rings (SSSR count). The Labute approximate surface area is 179 Å². The van der Waals surface area contributed by atoms with E-state index in [1.54, 1.807) is 0 Å². The maximum absolute atomic E-state index is 6.21. The summed E-state index contributed by atoms with van der Waals surface area (Å²) >= 11 is 0. The normalized spacial score (nSPS) is 14.4. The van der Waals surface area contributed by atoms with E-state index in [-0.39, 0.29) is 0 Å². The molecule has 0 fully saturated rings. The van der Waals surface area contributed by atoms with Gasteiger partial charge in [0.15, 0.2) is 8.32 Å². The van der Waals surface area contributed by atoms with Crippen LogP contribution in [0, 0.1) is 0 Å². The first-order valence-corrected chi connectivity index (χ1v) is 15.1. The molecule has 0 N–H and O–H groups in total. The van der Waals surface area contributed by atoms with E-state index in [1.165, 1.54) is 96.7 Å². The molecule has 0 radical (unpaired) electrons. The van der Waals surface area contributed by atoms with Gasteiger partial charge in [-0.05, 0) is 110 Å². The molecule has 0 aliphatic heterocycles. The molecule has 0 bridgehead atoms. The summed E-state index contributed by atoms with van der Waals surface area (Å²) in [4.78, 5) is 7.94. The second kappa shape index (κ2) is 17.9. The molecule has 0 saturated heterocycles. The van der Waals surface area contributed by atoms with Crippen LogP contribution in [-0.2, 0) is 4.43 Å². The van der Waals surface area contributed by atoms with Crippen LogP contribution >= 0.6 is 0 Å². The zero-order chi connectivity index (χ0) is 21.3. The summed E-state index contributed by atoms with van der Waals surface area (Å²) in [5.41, 5.74) is 0. The van der Waals surface area contributed by atoms with Gasteiger partial charge in [-0.2, -0.15) is 0 Å². The molecule has 0 spiro atoms. The Bertz CT molecular complexity index is 326. The molecule has 5 heteroatoms. The largest absolute Gasteiger partial charge is 0.417 e. The van der Waals surface area contributed by atoms with Crippen molar-refractivity contribution in [1.82, 2.24) is 14.7 Å². The number of rotatable bonds is 20. The summed E-state index contributed by atoms with van der Waals surface area (Å²) in [6.07, 6.45) is 5.10. The lowest BCUT2D eigenvalue weighted by atomic mass is 10.3. The summed E-state index contributed by atoms with van der Waals surface area (Å²) in [5, 5.41) is 0. The molecule has 0 amide bonds. The van der Waals surface area contributed by atoms with Crippen molar-refractivity contribution < 1.29 is 4.43 Å². The van der Waals surface area contributed by atoms with Gasteiger partial charge in [-0.15, -0.1) is 0 Å². The summed E-state index contributed by atoms with van der Waals surface area (Å²) in [6.45, 7) is 28.0. The lowest BCUT2D eigenvalue weighted by Gasteiger charge is -2.31. The predicted molar refractivity (Wildman–Crippen MR) is 129 cm³/mol. The maximum atomic E-state index is 6.21. The van der Waals surface area contributed by atoms with E-state index in [2.05, 4.69) is 62.8 Å². The molecule has 0 aromatic carbocycles. The smallest absolute Gasteiger partial charge is 0.190 e. The second-order valence-corrected chi connectivity index (χ2v) is 12.8. The molecule has 0 aromatic heterocycles. The van der Waals surface area contributed by atoms with E-state index in [4.69, 9.17) is 4.43 Å². The third-order valence-electron chi connectivity index (χ3n) is 6.07. The van der Waals surface area contributed by atoms with Crippen molar-refractivity contribution in [2.45, 2.75) is 85.9 Å². The first kappa shape index (κ1) is 28.1. The Morgan fingerprint density at radius 3 is 1.43 bits per heavy atom. The van der Waals surface area contributed by atoms with E-state index in [0.717, 1.165) is 6.61 Å². The summed E-state index contributed by atoms with van der Waals surface area (Å²) in [5.74, 6) is 0. The van der Waals surface area contributed by atoms with E-state index >= 15 is 0 Å². The number of hydrogen-bond donors (Lipinski definition) is 0. The molecular formula is C23H53N3OSi. The van der Waals surface area contributed by atoms with Gasteiger partial charge in [-0.3, -0.25) is 0 Å². The van der Waals surface area contributed by atoms with Crippen molar-refractivity contribution >= 4 is 8.32 Å². The van der Waals surface area contributed by atoms with Gasteiger partial charge in [-0.25, -0.2) is 0 Å². The van der Waals surface area contributed by atoms with Crippen LogP contribution in [-0.4, -0.2) is 88.5 Å². The standard InChI is InChI=1S/C23H53N3OSi/c1-8-16-24(10-3)18-14-20-26(21-15-19-25(11-4)17-9-2)22-23-28(7,13-6)27-12-5/h8-23H2,1-7H3. The van der Waals surface area contributed by atoms with Gasteiger partial charge in [0.1, 0.15) is 0 Å². The molecule has 1 atom stereocenters. The van der Waals surface area contributed by atoms with Gasteiger partial charge in [-0.1, -0.05) is 34.6 Å². The minimum atomic E-state index is -1.51. The highest BCUT2D eigenvalue weighted by atomic mass is 28.4. The van der Waals surface area contributed by atoms with Crippen molar-refractivity contribution in [3.63, 3.8) is 0 Å². The van der Waals surface area contributed by atoms with E-state index in [9.17, 15) is 0 Å². The zero-order valence-corrected chi connectivity index (χ0v) is 21.6. The molecule has 1 unspecified atom stereocenters. The Kier molecular flexibility index (Phi) is 17.9. The number of nitrogens with zero attached hydrogens (tertiary/aromatic N) is 3. The van der Waals surface area contributed by atoms with Gasteiger partial charge < -0.3 is 19.1 Å². The summed E-state index contributed by atoms with van der Waals surface area (Å²) in [7, 11) is -1.51. The molecule has 0 aromatic rings. The minimum Gasteiger partial charge on any atom is -0.417 e. The fraction of sp³-hybridized carbons (Fsp3) is 1.00. The second-order valence-electron chi connectivity index (χ2n) is 8.40. The Morgan fingerprint density at radius 2 is 1.07 bits per heavy atom. The minimum absolute atomic E-state index is 0.877. The zero-order valence-electron chi connectivity index (χ0n) is 20.6. The van der Waals surface area contributed by atoms with Gasteiger partial charge in [0.05, 0.1) is 0 Å². The molecule has 28 heavy (non-hydrogen) atoms. The third-order valence-corrected chi connectivity index (χ3v) is 9.83.